The van der Waals surface area contributed by atoms with Gasteiger partial charge >= 0.3 is 16.0 Å². The van der Waals surface area contributed by atoms with Crippen molar-refractivity contribution in [2.75, 3.05) is 5.32 Å². The average Bonchev–Trinajstić information content (AvgIpc) is 2.54. The zero-order chi connectivity index (χ0) is 18.4. The lowest BCUT2D eigenvalue weighted by Crippen LogP contribution is -2.80. The van der Waals surface area contributed by atoms with Gasteiger partial charge < -0.3 is 5.32 Å². The highest BCUT2D eigenvalue weighted by atomic mass is 32.2. The molecule has 0 saturated carbocycles. The number of rotatable bonds is 6. The van der Waals surface area contributed by atoms with Crippen LogP contribution >= 0.6 is 0 Å². The van der Waals surface area contributed by atoms with Gasteiger partial charge in [0.2, 0.25) is 0 Å². The summed E-state index contributed by atoms with van der Waals surface area (Å²) in [4.78, 5) is 11.9. The normalized spacial score (nSPS) is 11.2. The highest BCUT2D eigenvalue weighted by molar-refractivity contribution is 7.84. The number of anilines is 1. The first-order valence-electron chi connectivity index (χ1n) is 7.02. The molecule has 2 aromatic carbocycles. The van der Waals surface area contributed by atoms with E-state index in [9.17, 15) is 17.6 Å². The van der Waals surface area contributed by atoms with E-state index in [2.05, 4.69) is 5.32 Å². The van der Waals surface area contributed by atoms with E-state index in [0.29, 0.717) is 11.3 Å². The molecule has 0 fully saturated rings. The molecule has 0 amide bonds. The minimum atomic E-state index is -3.82. The lowest BCUT2D eigenvalue weighted by atomic mass is 10.1. The highest BCUT2D eigenvalue weighted by Gasteiger charge is 2.14. The second kappa shape index (κ2) is 7.58. The van der Waals surface area contributed by atoms with Crippen molar-refractivity contribution in [1.82, 2.24) is 0 Å². The number of hydrogen-bond donors (Lipinski definition) is 4. The molecule has 7 nitrogen and oxygen atoms in total. The van der Waals surface area contributed by atoms with Crippen LogP contribution in [0.4, 0.5) is 10.1 Å². The maximum atomic E-state index is 12.8. The highest BCUT2D eigenvalue weighted by Crippen LogP contribution is 2.12. The zero-order valence-corrected chi connectivity index (χ0v) is 13.8. The van der Waals surface area contributed by atoms with E-state index in [1.165, 1.54) is 60.8 Å². The van der Waals surface area contributed by atoms with Gasteiger partial charge in [0, 0.05) is 23.5 Å². The molecular formula is C16H16FN4O3S+. The summed E-state index contributed by atoms with van der Waals surface area (Å²) in [6.07, 6.45) is 2.68. The third kappa shape index (κ3) is 5.15. The zero-order valence-electron chi connectivity index (χ0n) is 12.9. The average molecular weight is 363 g/mol. The Hall–Kier alpha value is -3.20. The Morgan fingerprint density at radius 3 is 2.20 bits per heavy atom. The smallest absolute Gasteiger partial charge is 0.353 e. The number of nitrogens with two attached hydrogens (primary N) is 2. The van der Waals surface area contributed by atoms with Crippen molar-refractivity contribution in [3.05, 3.63) is 72.2 Å². The maximum absolute atomic E-state index is 12.8. The summed E-state index contributed by atoms with van der Waals surface area (Å²) >= 11 is 0. The number of sulfonamides is 1. The van der Waals surface area contributed by atoms with Gasteiger partial charge in [-0.05, 0) is 48.5 Å². The summed E-state index contributed by atoms with van der Waals surface area (Å²) in [5.41, 5.74) is 11.2. The van der Waals surface area contributed by atoms with Crippen molar-refractivity contribution >= 4 is 27.5 Å². The summed E-state index contributed by atoms with van der Waals surface area (Å²) in [6, 6.07) is 10.9. The molecule has 0 spiro atoms. The number of hydrogen-bond acceptors (Lipinski definition) is 4. The summed E-state index contributed by atoms with van der Waals surface area (Å²) < 4.78 is 38.5. The Morgan fingerprint density at radius 1 is 1.04 bits per heavy atom. The molecule has 0 aromatic heterocycles. The van der Waals surface area contributed by atoms with Gasteiger partial charge in [0.05, 0.1) is 0 Å². The van der Waals surface area contributed by atoms with Crippen LogP contribution in [0, 0.1) is 5.82 Å². The number of carbonyl (C=O) groups is 1. The van der Waals surface area contributed by atoms with E-state index in [1.54, 1.807) is 0 Å². The number of halogens is 1. The standard InChI is InChI=1S/C16H15FN4O3S/c17-12-3-1-11(2-4-12)15(22)9-10-20-13-5-7-14(8-6-13)25(23,24)21-16(18)19/h1-10,20H,(H4,18,19,21)/p+1/b10-9+. The first-order chi connectivity index (χ1) is 11.8. The predicted molar refractivity (Wildman–Crippen MR) is 91.5 cm³/mol. The van der Waals surface area contributed by atoms with Gasteiger partial charge in [-0.25, -0.2) is 4.39 Å². The summed E-state index contributed by atoms with van der Waals surface area (Å²) in [5.74, 6) is -1.15. The minimum absolute atomic E-state index is 0.0159. The number of allylic oxidation sites excluding steroid dienone is 1. The molecule has 0 radical (unpaired) electrons. The van der Waals surface area contributed by atoms with E-state index in [1.807, 2.05) is 4.40 Å². The Kier molecular flexibility index (Phi) is 5.50. The van der Waals surface area contributed by atoms with Gasteiger partial charge in [0.1, 0.15) is 10.7 Å². The van der Waals surface area contributed by atoms with E-state index in [-0.39, 0.29) is 10.7 Å². The fourth-order valence-corrected chi connectivity index (χ4v) is 2.79. The van der Waals surface area contributed by atoms with Crippen molar-refractivity contribution in [3.63, 3.8) is 0 Å². The Bertz CT molecular complexity index is 917. The molecule has 0 heterocycles. The van der Waals surface area contributed by atoms with Crippen molar-refractivity contribution in [1.29, 1.82) is 0 Å². The number of nitrogens with one attached hydrogen (secondary N) is 2. The molecule has 0 aliphatic heterocycles. The number of ketones is 1. The molecule has 0 saturated heterocycles. The van der Waals surface area contributed by atoms with E-state index in [4.69, 9.17) is 11.5 Å². The van der Waals surface area contributed by atoms with Gasteiger partial charge in [-0.1, -0.05) is 0 Å². The Balaban J connectivity index is 2.03. The molecule has 0 unspecified atom stereocenters. The van der Waals surface area contributed by atoms with Gasteiger partial charge in [0.25, 0.3) is 0 Å². The van der Waals surface area contributed by atoms with Crippen LogP contribution in [0.5, 0.6) is 0 Å². The Labute approximate surface area is 143 Å². The second-order valence-electron chi connectivity index (χ2n) is 4.93. The quantitative estimate of drug-likeness (QED) is 0.241. The third-order valence-electron chi connectivity index (χ3n) is 3.03. The van der Waals surface area contributed by atoms with Crippen LogP contribution in [-0.4, -0.2) is 20.2 Å². The minimum Gasteiger partial charge on any atom is -0.362 e. The van der Waals surface area contributed by atoms with Gasteiger partial charge in [-0.3, -0.25) is 16.3 Å². The summed E-state index contributed by atoms with van der Waals surface area (Å²) in [7, 11) is -3.82. The second-order valence-corrected chi connectivity index (χ2v) is 6.62. The van der Waals surface area contributed by atoms with E-state index >= 15 is 0 Å². The number of benzene rings is 2. The summed E-state index contributed by atoms with van der Waals surface area (Å²) in [6.45, 7) is 0. The van der Waals surface area contributed by atoms with Crippen molar-refractivity contribution in [2.24, 2.45) is 11.5 Å². The first kappa shape index (κ1) is 18.1. The fraction of sp³-hybridized carbons (Fsp3) is 0. The molecule has 25 heavy (non-hydrogen) atoms. The molecule has 2 rings (SSSR count). The first-order valence-corrected chi connectivity index (χ1v) is 8.50. The monoisotopic (exact) mass is 363 g/mol. The van der Waals surface area contributed by atoms with Gasteiger partial charge in [0.15, 0.2) is 5.78 Å². The van der Waals surface area contributed by atoms with Crippen LogP contribution < -0.4 is 21.2 Å². The van der Waals surface area contributed by atoms with Crippen LogP contribution in [0.3, 0.4) is 0 Å². The summed E-state index contributed by atoms with van der Waals surface area (Å²) in [5, 5.41) is 2.83. The SMILES string of the molecule is NC(N)=[NH+]S(=O)(=O)c1ccc(N/C=C/C(=O)c2ccc(F)cc2)cc1. The molecule has 0 atom stereocenters. The maximum Gasteiger partial charge on any atom is 0.353 e. The molecule has 0 aliphatic carbocycles. The molecule has 0 bridgehead atoms. The molecule has 2 aromatic rings. The Morgan fingerprint density at radius 2 is 1.64 bits per heavy atom. The van der Waals surface area contributed by atoms with E-state index < -0.39 is 21.8 Å². The van der Waals surface area contributed by atoms with Crippen LogP contribution in [0.25, 0.3) is 0 Å². The van der Waals surface area contributed by atoms with Crippen molar-refractivity contribution < 1.29 is 22.0 Å². The van der Waals surface area contributed by atoms with Crippen LogP contribution in [0.2, 0.25) is 0 Å². The predicted octanol–water partition coefficient (Wildman–Crippen LogP) is -0.323. The van der Waals surface area contributed by atoms with Crippen LogP contribution in [0.1, 0.15) is 10.4 Å². The lowest BCUT2D eigenvalue weighted by Gasteiger charge is -2.02. The van der Waals surface area contributed by atoms with Gasteiger partial charge in [-0.15, -0.1) is 0 Å². The molecule has 6 N–H and O–H groups in total. The lowest BCUT2D eigenvalue weighted by molar-refractivity contribution is -0.270. The molecule has 130 valence electrons. The molecule has 0 aliphatic rings. The van der Waals surface area contributed by atoms with E-state index in [0.717, 1.165) is 0 Å². The van der Waals surface area contributed by atoms with Crippen LogP contribution in [0.15, 0.2) is 65.7 Å². The topological polar surface area (TPSA) is 129 Å². The molecular weight excluding hydrogens is 347 g/mol. The van der Waals surface area contributed by atoms with Crippen molar-refractivity contribution in [3.8, 4) is 0 Å². The number of guanidine groups is 1. The van der Waals surface area contributed by atoms with Crippen molar-refractivity contribution in [2.45, 2.75) is 4.90 Å². The molecule has 9 heteroatoms. The fourth-order valence-electron chi connectivity index (χ4n) is 1.87. The van der Waals surface area contributed by atoms with Gasteiger partial charge in [-0.2, -0.15) is 12.8 Å². The van der Waals surface area contributed by atoms with Crippen LogP contribution in [-0.2, 0) is 10.0 Å². The number of carbonyl (C=O) groups excluding carboxylic acids is 1. The largest absolute Gasteiger partial charge is 0.362 e. The third-order valence-corrected chi connectivity index (χ3v) is 4.43.